The van der Waals surface area contributed by atoms with Gasteiger partial charge >= 0.3 is 0 Å². The van der Waals surface area contributed by atoms with Crippen molar-refractivity contribution in [3.63, 3.8) is 0 Å². The van der Waals surface area contributed by atoms with Gasteiger partial charge in [0.15, 0.2) is 5.82 Å². The van der Waals surface area contributed by atoms with E-state index in [-0.39, 0.29) is 5.54 Å². The lowest BCUT2D eigenvalue weighted by molar-refractivity contribution is 0.351. The van der Waals surface area contributed by atoms with Crippen LogP contribution in [-0.2, 0) is 5.54 Å². The van der Waals surface area contributed by atoms with Crippen LogP contribution in [0.15, 0.2) is 48.5 Å². The zero-order chi connectivity index (χ0) is 15.7. The molecule has 0 saturated heterocycles. The maximum absolute atomic E-state index is 4.26. The van der Waals surface area contributed by atoms with E-state index in [4.69, 9.17) is 0 Å². The zero-order valence-corrected chi connectivity index (χ0v) is 13.4. The summed E-state index contributed by atoms with van der Waals surface area (Å²) in [4.78, 5) is 0. The molecule has 4 heteroatoms. The molecule has 3 rings (SSSR count). The first-order valence-electron chi connectivity index (χ1n) is 7.42. The van der Waals surface area contributed by atoms with Gasteiger partial charge in [-0.1, -0.05) is 54.1 Å². The van der Waals surface area contributed by atoms with Gasteiger partial charge in [0.25, 0.3) is 0 Å². The van der Waals surface area contributed by atoms with E-state index in [0.717, 1.165) is 17.0 Å². The van der Waals surface area contributed by atoms with Gasteiger partial charge in [0.05, 0.1) is 5.54 Å². The van der Waals surface area contributed by atoms with Crippen LogP contribution in [0, 0.1) is 6.92 Å². The average Bonchev–Trinajstić information content (AvgIpc) is 2.97. The lowest BCUT2D eigenvalue weighted by Crippen LogP contribution is -2.24. The van der Waals surface area contributed by atoms with E-state index >= 15 is 0 Å². The van der Waals surface area contributed by atoms with Crippen molar-refractivity contribution < 1.29 is 0 Å². The predicted octanol–water partition coefficient (Wildman–Crippen LogP) is 4.07. The molecule has 0 unspecified atom stereocenters. The summed E-state index contributed by atoms with van der Waals surface area (Å²) in [6, 6.07) is 16.8. The van der Waals surface area contributed by atoms with Gasteiger partial charge in [-0.05, 0) is 49.2 Å². The summed E-state index contributed by atoms with van der Waals surface area (Å²) in [5.41, 5.74) is 4.44. The van der Waals surface area contributed by atoms with Crippen molar-refractivity contribution >= 4 is 0 Å². The van der Waals surface area contributed by atoms with Crippen LogP contribution in [0.2, 0.25) is 0 Å². The van der Waals surface area contributed by atoms with Crippen molar-refractivity contribution in [1.82, 2.24) is 20.2 Å². The quantitative estimate of drug-likeness (QED) is 0.715. The Morgan fingerprint density at radius 1 is 0.864 bits per heavy atom. The van der Waals surface area contributed by atoms with Crippen LogP contribution in [-0.4, -0.2) is 20.2 Å². The molecule has 2 aromatic carbocycles. The van der Waals surface area contributed by atoms with E-state index in [2.05, 4.69) is 79.6 Å². The molecule has 112 valence electrons. The Morgan fingerprint density at radius 3 is 2.14 bits per heavy atom. The highest BCUT2D eigenvalue weighted by Gasteiger charge is 2.22. The maximum atomic E-state index is 4.26. The summed E-state index contributed by atoms with van der Waals surface area (Å²) in [6.45, 7) is 8.39. The van der Waals surface area contributed by atoms with E-state index in [0.29, 0.717) is 0 Å². The van der Waals surface area contributed by atoms with Crippen molar-refractivity contribution in [3.05, 3.63) is 54.1 Å². The summed E-state index contributed by atoms with van der Waals surface area (Å²) in [6.07, 6.45) is 0. The molecule has 0 fully saturated rings. The third-order valence-corrected chi connectivity index (χ3v) is 3.64. The van der Waals surface area contributed by atoms with Crippen molar-refractivity contribution in [2.75, 3.05) is 0 Å². The summed E-state index contributed by atoms with van der Waals surface area (Å²) in [7, 11) is 0. The highest BCUT2D eigenvalue weighted by molar-refractivity contribution is 5.80. The molecule has 1 heterocycles. The molecule has 0 saturated carbocycles. The lowest BCUT2D eigenvalue weighted by Gasteiger charge is -2.20. The van der Waals surface area contributed by atoms with Crippen LogP contribution in [0.1, 0.15) is 26.3 Å². The number of nitrogens with zero attached hydrogens (tertiary/aromatic N) is 4. The largest absolute Gasteiger partial charge is 0.220 e. The molecule has 22 heavy (non-hydrogen) atoms. The molecular formula is C18H20N4. The lowest BCUT2D eigenvalue weighted by atomic mass is 9.98. The highest BCUT2D eigenvalue weighted by atomic mass is 15.6. The third kappa shape index (κ3) is 2.64. The number of benzene rings is 2. The molecule has 0 N–H and O–H groups in total. The van der Waals surface area contributed by atoms with Crippen LogP contribution in [0.5, 0.6) is 0 Å². The summed E-state index contributed by atoms with van der Waals surface area (Å²) in [5.74, 6) is 0.795. The second-order valence-electron chi connectivity index (χ2n) is 6.50. The maximum Gasteiger partial charge on any atom is 0.183 e. The molecule has 0 aliphatic rings. The number of hydrogen-bond acceptors (Lipinski definition) is 3. The van der Waals surface area contributed by atoms with Crippen LogP contribution in [0.3, 0.4) is 0 Å². The highest BCUT2D eigenvalue weighted by Crippen LogP contribution is 2.32. The monoisotopic (exact) mass is 292 g/mol. The Labute approximate surface area is 130 Å². The molecule has 0 radical (unpaired) electrons. The molecule has 0 atom stereocenters. The SMILES string of the molecule is Cc1ccc(-c2ccccc2-c2nnnn2C(C)(C)C)cc1. The van der Waals surface area contributed by atoms with Crippen molar-refractivity contribution in [2.45, 2.75) is 33.2 Å². The number of aryl methyl sites for hydroxylation is 1. The smallest absolute Gasteiger partial charge is 0.183 e. The van der Waals surface area contributed by atoms with Crippen LogP contribution >= 0.6 is 0 Å². The Balaban J connectivity index is 2.18. The number of tetrazole rings is 1. The molecular weight excluding hydrogens is 272 g/mol. The van der Waals surface area contributed by atoms with Gasteiger partial charge in [-0.2, -0.15) is 0 Å². The second-order valence-corrected chi connectivity index (χ2v) is 6.50. The summed E-state index contributed by atoms with van der Waals surface area (Å²) >= 11 is 0. The van der Waals surface area contributed by atoms with Gasteiger partial charge in [0.2, 0.25) is 0 Å². The molecule has 0 aliphatic heterocycles. The van der Waals surface area contributed by atoms with Crippen molar-refractivity contribution in [3.8, 4) is 22.5 Å². The minimum Gasteiger partial charge on any atom is -0.220 e. The summed E-state index contributed by atoms with van der Waals surface area (Å²) in [5, 5.41) is 12.3. The van der Waals surface area contributed by atoms with E-state index in [1.165, 1.54) is 11.1 Å². The molecule has 3 aromatic rings. The minimum atomic E-state index is -0.167. The van der Waals surface area contributed by atoms with Gasteiger partial charge in [0, 0.05) is 5.56 Å². The fourth-order valence-electron chi connectivity index (χ4n) is 2.47. The van der Waals surface area contributed by atoms with Crippen LogP contribution in [0.4, 0.5) is 0 Å². The number of rotatable bonds is 2. The fourth-order valence-corrected chi connectivity index (χ4v) is 2.47. The van der Waals surface area contributed by atoms with Crippen molar-refractivity contribution in [2.24, 2.45) is 0 Å². The Hall–Kier alpha value is -2.49. The first-order chi connectivity index (χ1) is 10.5. The first-order valence-corrected chi connectivity index (χ1v) is 7.42. The van der Waals surface area contributed by atoms with Gasteiger partial charge in [-0.15, -0.1) is 5.10 Å². The molecule has 0 spiro atoms. The first kappa shape index (κ1) is 14.4. The second kappa shape index (κ2) is 5.37. The Kier molecular flexibility index (Phi) is 3.53. The molecule has 4 nitrogen and oxygen atoms in total. The van der Waals surface area contributed by atoms with Crippen molar-refractivity contribution in [1.29, 1.82) is 0 Å². The van der Waals surface area contributed by atoms with Gasteiger partial charge in [0.1, 0.15) is 0 Å². The van der Waals surface area contributed by atoms with Crippen LogP contribution < -0.4 is 0 Å². The zero-order valence-electron chi connectivity index (χ0n) is 13.4. The fraction of sp³-hybridized carbons (Fsp3) is 0.278. The molecule has 0 bridgehead atoms. The van der Waals surface area contributed by atoms with Gasteiger partial charge < -0.3 is 0 Å². The van der Waals surface area contributed by atoms with Crippen LogP contribution in [0.25, 0.3) is 22.5 Å². The van der Waals surface area contributed by atoms with E-state index in [9.17, 15) is 0 Å². The topological polar surface area (TPSA) is 43.6 Å². The van der Waals surface area contributed by atoms with E-state index in [1.54, 1.807) is 0 Å². The predicted molar refractivity (Wildman–Crippen MR) is 88.4 cm³/mol. The Bertz CT molecular complexity index is 779. The number of hydrogen-bond donors (Lipinski definition) is 0. The minimum absolute atomic E-state index is 0.167. The van der Waals surface area contributed by atoms with E-state index < -0.39 is 0 Å². The number of aromatic nitrogens is 4. The molecule has 0 aliphatic carbocycles. The third-order valence-electron chi connectivity index (χ3n) is 3.64. The normalized spacial score (nSPS) is 11.6. The molecule has 0 amide bonds. The van der Waals surface area contributed by atoms with Gasteiger partial charge in [-0.25, -0.2) is 4.68 Å². The Morgan fingerprint density at radius 2 is 1.50 bits per heavy atom. The standard InChI is InChI=1S/C18H20N4/c1-13-9-11-14(12-10-13)15-7-5-6-8-16(15)17-19-20-21-22(17)18(2,3)4/h5-12H,1-4H3. The molecule has 1 aromatic heterocycles. The van der Waals surface area contributed by atoms with Gasteiger partial charge in [-0.3, -0.25) is 0 Å². The average molecular weight is 292 g/mol. The summed E-state index contributed by atoms with van der Waals surface area (Å²) < 4.78 is 1.88. The van der Waals surface area contributed by atoms with E-state index in [1.807, 2.05) is 16.8 Å².